The Morgan fingerprint density at radius 2 is 2.00 bits per heavy atom. The van der Waals surface area contributed by atoms with Crippen LogP contribution in [-0.4, -0.2) is 47.6 Å². The molecule has 18 heavy (non-hydrogen) atoms. The Morgan fingerprint density at radius 3 is 2.67 bits per heavy atom. The van der Waals surface area contributed by atoms with E-state index in [9.17, 15) is 14.7 Å². The van der Waals surface area contributed by atoms with Gasteiger partial charge in [-0.05, 0) is 13.8 Å². The SMILES string of the molecule is CC(O)C1OC(=O)C2C3CC(=O)O[C@H](C)[C@H]3O[C@H]12. The minimum absolute atomic E-state index is 0.178. The van der Waals surface area contributed by atoms with Gasteiger partial charge in [-0.2, -0.15) is 0 Å². The predicted molar refractivity (Wildman–Crippen MR) is 57.4 cm³/mol. The number of carbonyl (C=O) groups is 2. The van der Waals surface area contributed by atoms with Gasteiger partial charge in [0.2, 0.25) is 0 Å². The van der Waals surface area contributed by atoms with Crippen molar-refractivity contribution in [2.75, 3.05) is 0 Å². The molecule has 0 aromatic carbocycles. The van der Waals surface area contributed by atoms with Crippen molar-refractivity contribution in [1.29, 1.82) is 0 Å². The van der Waals surface area contributed by atoms with Crippen molar-refractivity contribution in [1.82, 2.24) is 0 Å². The summed E-state index contributed by atoms with van der Waals surface area (Å²) in [6.45, 7) is 3.33. The first kappa shape index (κ1) is 11.9. The van der Waals surface area contributed by atoms with Gasteiger partial charge in [0.25, 0.3) is 0 Å². The topological polar surface area (TPSA) is 82.1 Å². The first-order chi connectivity index (χ1) is 8.49. The second-order valence-electron chi connectivity index (χ2n) is 5.30. The van der Waals surface area contributed by atoms with Crippen LogP contribution in [0.15, 0.2) is 0 Å². The highest BCUT2D eigenvalue weighted by molar-refractivity contribution is 5.79. The van der Waals surface area contributed by atoms with Crippen LogP contribution in [0.5, 0.6) is 0 Å². The third-order valence-electron chi connectivity index (χ3n) is 4.06. The molecule has 4 unspecified atom stereocenters. The van der Waals surface area contributed by atoms with Gasteiger partial charge in [0.05, 0.1) is 24.5 Å². The maximum atomic E-state index is 11.9. The standard InChI is InChI=1S/C12H16O6/c1-4(13)9-11-8(12(15)18-9)6-3-7(14)16-5(2)10(6)17-11/h4-6,8-11,13H,3H2,1-2H3/t4?,5-,6?,8?,9?,10-,11+/m1/s1. The summed E-state index contributed by atoms with van der Waals surface area (Å²) < 4.78 is 16.1. The van der Waals surface area contributed by atoms with Crippen molar-refractivity contribution in [2.45, 2.75) is 50.8 Å². The van der Waals surface area contributed by atoms with Gasteiger partial charge in [-0.3, -0.25) is 9.59 Å². The van der Waals surface area contributed by atoms with E-state index in [-0.39, 0.29) is 36.5 Å². The average Bonchev–Trinajstić information content (AvgIpc) is 2.78. The molecule has 1 N–H and O–H groups in total. The van der Waals surface area contributed by atoms with Gasteiger partial charge in [0, 0.05) is 5.92 Å². The molecular weight excluding hydrogens is 240 g/mol. The van der Waals surface area contributed by atoms with Crippen LogP contribution in [0.4, 0.5) is 0 Å². The van der Waals surface area contributed by atoms with Crippen LogP contribution in [-0.2, 0) is 23.8 Å². The minimum Gasteiger partial charge on any atom is -0.460 e. The van der Waals surface area contributed by atoms with Crippen LogP contribution in [0.2, 0.25) is 0 Å². The monoisotopic (exact) mass is 256 g/mol. The van der Waals surface area contributed by atoms with Crippen LogP contribution < -0.4 is 0 Å². The van der Waals surface area contributed by atoms with Crippen molar-refractivity contribution in [3.05, 3.63) is 0 Å². The molecule has 0 amide bonds. The Balaban J connectivity index is 1.88. The van der Waals surface area contributed by atoms with Crippen molar-refractivity contribution in [3.8, 4) is 0 Å². The first-order valence-electron chi connectivity index (χ1n) is 6.22. The molecular formula is C12H16O6. The van der Waals surface area contributed by atoms with E-state index >= 15 is 0 Å². The fourth-order valence-corrected chi connectivity index (χ4v) is 3.28. The van der Waals surface area contributed by atoms with Crippen molar-refractivity contribution >= 4 is 11.9 Å². The Labute approximate surface area is 104 Å². The van der Waals surface area contributed by atoms with Gasteiger partial charge >= 0.3 is 11.9 Å². The van der Waals surface area contributed by atoms with Crippen molar-refractivity contribution in [2.24, 2.45) is 11.8 Å². The van der Waals surface area contributed by atoms with E-state index in [0.717, 1.165) is 0 Å². The molecule has 0 aliphatic carbocycles. The van der Waals surface area contributed by atoms with E-state index in [1.54, 1.807) is 13.8 Å². The molecule has 0 aromatic heterocycles. The maximum absolute atomic E-state index is 11.9. The summed E-state index contributed by atoms with van der Waals surface area (Å²) in [5, 5.41) is 9.61. The number of cyclic esters (lactones) is 2. The molecule has 7 atom stereocenters. The summed E-state index contributed by atoms with van der Waals surface area (Å²) in [6.07, 6.45) is -2.34. The normalized spacial score (nSPS) is 48.2. The molecule has 3 aliphatic rings. The highest BCUT2D eigenvalue weighted by Gasteiger charge is 2.61. The smallest absolute Gasteiger partial charge is 0.312 e. The summed E-state index contributed by atoms with van der Waals surface area (Å²) in [4.78, 5) is 23.3. The maximum Gasteiger partial charge on any atom is 0.312 e. The zero-order valence-electron chi connectivity index (χ0n) is 10.2. The number of carbonyl (C=O) groups excluding carboxylic acids is 2. The number of ether oxygens (including phenoxy) is 3. The molecule has 0 radical (unpaired) electrons. The van der Waals surface area contributed by atoms with Crippen molar-refractivity contribution in [3.63, 3.8) is 0 Å². The largest absolute Gasteiger partial charge is 0.460 e. The number of hydrogen-bond acceptors (Lipinski definition) is 6. The second-order valence-corrected chi connectivity index (χ2v) is 5.30. The van der Waals surface area contributed by atoms with Crippen molar-refractivity contribution < 1.29 is 28.9 Å². The Morgan fingerprint density at radius 1 is 1.28 bits per heavy atom. The molecule has 3 fully saturated rings. The summed E-state index contributed by atoms with van der Waals surface area (Å²) in [6, 6.07) is 0. The molecule has 0 aromatic rings. The van der Waals surface area contributed by atoms with Crippen LogP contribution >= 0.6 is 0 Å². The van der Waals surface area contributed by atoms with Crippen LogP contribution in [0, 0.1) is 11.8 Å². The molecule has 6 nitrogen and oxygen atoms in total. The average molecular weight is 256 g/mol. The third-order valence-corrected chi connectivity index (χ3v) is 4.06. The zero-order valence-corrected chi connectivity index (χ0v) is 10.2. The molecule has 0 spiro atoms. The lowest BCUT2D eigenvalue weighted by Gasteiger charge is -2.31. The van der Waals surface area contributed by atoms with Gasteiger partial charge in [-0.1, -0.05) is 0 Å². The third kappa shape index (κ3) is 1.55. The van der Waals surface area contributed by atoms with Gasteiger partial charge in [0.1, 0.15) is 12.2 Å². The molecule has 6 heteroatoms. The van der Waals surface area contributed by atoms with E-state index in [1.807, 2.05) is 0 Å². The highest BCUT2D eigenvalue weighted by Crippen LogP contribution is 2.46. The molecule has 3 saturated heterocycles. The molecule has 3 aliphatic heterocycles. The molecule has 0 saturated carbocycles. The minimum atomic E-state index is -0.781. The lowest BCUT2D eigenvalue weighted by Crippen LogP contribution is -2.42. The summed E-state index contributed by atoms with van der Waals surface area (Å²) >= 11 is 0. The van der Waals surface area contributed by atoms with E-state index in [4.69, 9.17) is 14.2 Å². The fraction of sp³-hybridized carbons (Fsp3) is 0.833. The van der Waals surface area contributed by atoms with Gasteiger partial charge in [-0.15, -0.1) is 0 Å². The van der Waals surface area contributed by atoms with E-state index in [2.05, 4.69) is 0 Å². The van der Waals surface area contributed by atoms with Crippen LogP contribution in [0.1, 0.15) is 20.3 Å². The zero-order chi connectivity index (χ0) is 13.0. The number of rotatable bonds is 1. The molecule has 3 heterocycles. The van der Waals surface area contributed by atoms with Gasteiger partial charge in [-0.25, -0.2) is 0 Å². The Bertz CT molecular complexity index is 392. The van der Waals surface area contributed by atoms with Gasteiger partial charge < -0.3 is 19.3 Å². The molecule has 100 valence electrons. The predicted octanol–water partition coefficient (Wildman–Crippen LogP) is -0.372. The number of esters is 2. The Kier molecular flexibility index (Phi) is 2.60. The number of aliphatic hydroxyl groups is 1. The number of hydrogen-bond donors (Lipinski definition) is 1. The summed E-state index contributed by atoms with van der Waals surface area (Å²) in [7, 11) is 0. The summed E-state index contributed by atoms with van der Waals surface area (Å²) in [5.41, 5.74) is 0. The summed E-state index contributed by atoms with van der Waals surface area (Å²) in [5.74, 6) is -1.33. The highest BCUT2D eigenvalue weighted by atomic mass is 16.6. The fourth-order valence-electron chi connectivity index (χ4n) is 3.28. The van der Waals surface area contributed by atoms with E-state index in [0.29, 0.717) is 0 Å². The first-order valence-corrected chi connectivity index (χ1v) is 6.22. The van der Waals surface area contributed by atoms with E-state index in [1.165, 1.54) is 0 Å². The van der Waals surface area contributed by atoms with E-state index < -0.39 is 24.2 Å². The lowest BCUT2D eigenvalue weighted by molar-refractivity contribution is -0.175. The quantitative estimate of drug-likeness (QED) is 0.644. The van der Waals surface area contributed by atoms with Crippen LogP contribution in [0.3, 0.4) is 0 Å². The Hall–Kier alpha value is -1.14. The number of fused-ring (bicyclic) bond motifs is 3. The van der Waals surface area contributed by atoms with Crippen LogP contribution in [0.25, 0.3) is 0 Å². The number of aliphatic hydroxyl groups excluding tert-OH is 1. The van der Waals surface area contributed by atoms with Gasteiger partial charge in [0.15, 0.2) is 6.10 Å². The molecule has 0 bridgehead atoms. The molecule has 3 rings (SSSR count). The second kappa shape index (κ2) is 3.93. The lowest BCUT2D eigenvalue weighted by atomic mass is 9.81.